The summed E-state index contributed by atoms with van der Waals surface area (Å²) in [6.45, 7) is 4.15. The molecule has 128 valence electrons. The minimum absolute atomic E-state index is 0.165. The van der Waals surface area contributed by atoms with E-state index < -0.39 is 12.2 Å². The van der Waals surface area contributed by atoms with Crippen molar-refractivity contribution in [3.05, 3.63) is 35.4 Å². The molecule has 0 spiro atoms. The van der Waals surface area contributed by atoms with Crippen molar-refractivity contribution in [1.29, 1.82) is 0 Å². The van der Waals surface area contributed by atoms with Gasteiger partial charge in [-0.2, -0.15) is 13.2 Å². The van der Waals surface area contributed by atoms with Crippen LogP contribution in [-0.4, -0.2) is 39.7 Å². The molecular weight excluding hydrogens is 307 g/mol. The summed E-state index contributed by atoms with van der Waals surface area (Å²) in [6.07, 6.45) is -3.51. The molecule has 0 bridgehead atoms. The molecule has 0 fully saturated rings. The highest BCUT2D eigenvalue weighted by molar-refractivity contribution is 5.37. The molecule has 1 atom stereocenters. The van der Waals surface area contributed by atoms with Crippen molar-refractivity contribution in [2.75, 3.05) is 33.5 Å². The number of benzene rings is 1. The third kappa shape index (κ3) is 7.51. The van der Waals surface area contributed by atoms with E-state index in [1.165, 1.54) is 19.2 Å². The fourth-order valence-corrected chi connectivity index (χ4v) is 1.95. The van der Waals surface area contributed by atoms with Crippen molar-refractivity contribution < 1.29 is 22.6 Å². The van der Waals surface area contributed by atoms with E-state index in [9.17, 15) is 13.2 Å². The third-order valence-corrected chi connectivity index (χ3v) is 3.05. The first kappa shape index (κ1) is 19.5. The first-order valence-corrected chi connectivity index (χ1v) is 7.47. The zero-order valence-corrected chi connectivity index (χ0v) is 13.4. The minimum Gasteiger partial charge on any atom is -0.382 e. The average Bonchev–Trinajstić information content (AvgIpc) is 2.51. The van der Waals surface area contributed by atoms with Gasteiger partial charge < -0.3 is 14.8 Å². The zero-order valence-electron chi connectivity index (χ0n) is 13.4. The fraction of sp³-hybridized carbons (Fsp3) is 0.529. The normalized spacial score (nSPS) is 12.6. The molecule has 0 heterocycles. The monoisotopic (exact) mass is 329 g/mol. The van der Waals surface area contributed by atoms with Crippen molar-refractivity contribution in [2.24, 2.45) is 0 Å². The Kier molecular flexibility index (Phi) is 8.70. The summed E-state index contributed by atoms with van der Waals surface area (Å²) >= 11 is 0. The van der Waals surface area contributed by atoms with Crippen LogP contribution in [0.25, 0.3) is 0 Å². The predicted molar refractivity (Wildman–Crippen MR) is 83.1 cm³/mol. The molecule has 3 nitrogen and oxygen atoms in total. The van der Waals surface area contributed by atoms with Crippen molar-refractivity contribution in [3.8, 4) is 11.8 Å². The second kappa shape index (κ2) is 10.3. The lowest BCUT2D eigenvalue weighted by molar-refractivity contribution is -0.156. The second-order valence-corrected chi connectivity index (χ2v) is 4.79. The van der Waals surface area contributed by atoms with E-state index >= 15 is 0 Å². The van der Waals surface area contributed by atoms with Crippen LogP contribution in [0.3, 0.4) is 0 Å². The van der Waals surface area contributed by atoms with Crippen LogP contribution < -0.4 is 5.32 Å². The van der Waals surface area contributed by atoms with Crippen molar-refractivity contribution >= 4 is 0 Å². The van der Waals surface area contributed by atoms with Gasteiger partial charge in [0.05, 0.1) is 6.61 Å². The van der Waals surface area contributed by atoms with Crippen LogP contribution in [0.4, 0.5) is 13.2 Å². The number of rotatable bonds is 8. The lowest BCUT2D eigenvalue weighted by Gasteiger charge is -2.19. The SMILES string of the molecule is CCOCCCOCC#Cc1ccc(C(NC)C(F)(F)F)cc1. The van der Waals surface area contributed by atoms with Crippen LogP contribution in [0.5, 0.6) is 0 Å². The molecule has 1 unspecified atom stereocenters. The highest BCUT2D eigenvalue weighted by Gasteiger charge is 2.39. The average molecular weight is 329 g/mol. The molecule has 23 heavy (non-hydrogen) atoms. The van der Waals surface area contributed by atoms with Gasteiger partial charge in [-0.15, -0.1) is 0 Å². The van der Waals surface area contributed by atoms with E-state index in [0.717, 1.165) is 6.42 Å². The molecule has 0 aromatic heterocycles. The highest BCUT2D eigenvalue weighted by atomic mass is 19.4. The summed E-state index contributed by atoms with van der Waals surface area (Å²) in [7, 11) is 1.29. The van der Waals surface area contributed by atoms with Gasteiger partial charge in [-0.05, 0) is 38.1 Å². The predicted octanol–water partition coefficient (Wildman–Crippen LogP) is 3.30. The van der Waals surface area contributed by atoms with Gasteiger partial charge >= 0.3 is 6.18 Å². The van der Waals surface area contributed by atoms with Crippen molar-refractivity contribution in [2.45, 2.75) is 25.6 Å². The molecule has 1 aromatic rings. The number of hydrogen-bond donors (Lipinski definition) is 1. The Hall–Kier alpha value is -1.55. The Bertz CT molecular complexity index is 503. The first-order chi connectivity index (χ1) is 11.0. The smallest absolute Gasteiger partial charge is 0.382 e. The quantitative estimate of drug-likeness (QED) is 0.586. The molecule has 0 aliphatic carbocycles. The van der Waals surface area contributed by atoms with Crippen molar-refractivity contribution in [3.63, 3.8) is 0 Å². The van der Waals surface area contributed by atoms with Gasteiger partial charge in [-0.25, -0.2) is 0 Å². The van der Waals surface area contributed by atoms with Crippen LogP contribution in [0, 0.1) is 11.8 Å². The Balaban J connectivity index is 2.44. The van der Waals surface area contributed by atoms with E-state index in [1.807, 2.05) is 6.92 Å². The van der Waals surface area contributed by atoms with Crippen molar-refractivity contribution in [1.82, 2.24) is 5.32 Å². The molecule has 1 N–H and O–H groups in total. The van der Waals surface area contributed by atoms with Gasteiger partial charge in [-0.3, -0.25) is 0 Å². The summed E-state index contributed by atoms with van der Waals surface area (Å²) in [5.74, 6) is 5.70. The highest BCUT2D eigenvalue weighted by Crippen LogP contribution is 2.32. The molecule has 6 heteroatoms. The Morgan fingerprint density at radius 3 is 2.35 bits per heavy atom. The molecule has 0 radical (unpaired) electrons. The van der Waals surface area contributed by atoms with Gasteiger partial charge in [0, 0.05) is 18.8 Å². The molecular formula is C17H22F3NO2. The molecule has 0 saturated carbocycles. The molecule has 0 aliphatic heterocycles. The van der Waals surface area contributed by atoms with E-state index in [1.54, 1.807) is 12.1 Å². The second-order valence-electron chi connectivity index (χ2n) is 4.79. The summed E-state index contributed by atoms with van der Waals surface area (Å²) in [5, 5.41) is 2.27. The van der Waals surface area contributed by atoms with Crippen LogP contribution in [-0.2, 0) is 9.47 Å². The van der Waals surface area contributed by atoms with Gasteiger partial charge in [0.25, 0.3) is 0 Å². The third-order valence-electron chi connectivity index (χ3n) is 3.05. The maximum absolute atomic E-state index is 12.8. The van der Waals surface area contributed by atoms with Gasteiger partial charge in [0.2, 0.25) is 0 Å². The summed E-state index contributed by atoms with van der Waals surface area (Å²) in [5.41, 5.74) is 0.821. The zero-order chi connectivity index (χ0) is 17.1. The van der Waals surface area contributed by atoms with Crippen LogP contribution in [0.15, 0.2) is 24.3 Å². The number of hydrogen-bond acceptors (Lipinski definition) is 3. The van der Waals surface area contributed by atoms with Gasteiger partial charge in [0.1, 0.15) is 12.6 Å². The maximum atomic E-state index is 12.8. The van der Waals surface area contributed by atoms with E-state index in [-0.39, 0.29) is 12.2 Å². The summed E-state index contributed by atoms with van der Waals surface area (Å²) in [6, 6.07) is 4.35. The Labute approximate surface area is 135 Å². The molecule has 1 rings (SSSR count). The number of ether oxygens (including phenoxy) is 2. The largest absolute Gasteiger partial charge is 0.407 e. The molecule has 0 aliphatic rings. The Morgan fingerprint density at radius 1 is 1.13 bits per heavy atom. The number of alkyl halides is 3. The van der Waals surface area contributed by atoms with E-state index in [4.69, 9.17) is 9.47 Å². The van der Waals surface area contributed by atoms with Crippen LogP contribution >= 0.6 is 0 Å². The number of nitrogens with one attached hydrogen (secondary N) is 1. The Morgan fingerprint density at radius 2 is 1.78 bits per heavy atom. The molecule has 1 aromatic carbocycles. The fourth-order valence-electron chi connectivity index (χ4n) is 1.95. The molecule has 0 amide bonds. The maximum Gasteiger partial charge on any atom is 0.407 e. The van der Waals surface area contributed by atoms with Gasteiger partial charge in [-0.1, -0.05) is 24.0 Å². The topological polar surface area (TPSA) is 30.5 Å². The van der Waals surface area contributed by atoms with E-state index in [2.05, 4.69) is 17.2 Å². The van der Waals surface area contributed by atoms with E-state index in [0.29, 0.717) is 25.4 Å². The lowest BCUT2D eigenvalue weighted by atomic mass is 10.0. The molecule has 0 saturated heterocycles. The van der Waals surface area contributed by atoms with Gasteiger partial charge in [0.15, 0.2) is 0 Å². The minimum atomic E-state index is -4.32. The first-order valence-electron chi connectivity index (χ1n) is 7.47. The summed E-state index contributed by atoms with van der Waals surface area (Å²) < 4.78 is 48.9. The summed E-state index contributed by atoms with van der Waals surface area (Å²) in [4.78, 5) is 0. The number of halogens is 3. The lowest BCUT2D eigenvalue weighted by Crippen LogP contribution is -2.31. The standard InChI is InChI=1S/C17H22F3NO2/c1-3-22-12-5-13-23-11-4-6-14-7-9-15(10-8-14)16(21-2)17(18,19)20/h7-10,16,21H,3,5,11-13H2,1-2H3. The van der Waals surface area contributed by atoms with Crippen LogP contribution in [0.2, 0.25) is 0 Å². The van der Waals surface area contributed by atoms with Crippen LogP contribution in [0.1, 0.15) is 30.5 Å².